The van der Waals surface area contributed by atoms with Gasteiger partial charge < -0.3 is 4.90 Å². The molecule has 0 aliphatic carbocycles. The molecule has 0 N–H and O–H groups in total. The van der Waals surface area contributed by atoms with E-state index in [9.17, 15) is 26.4 Å². The van der Waals surface area contributed by atoms with Crippen LogP contribution in [-0.4, -0.2) is 61.4 Å². The molecule has 0 spiro atoms. The molecule has 0 unspecified atom stereocenters. The highest BCUT2D eigenvalue weighted by Gasteiger charge is 2.33. The maximum atomic E-state index is 13.4. The number of pyridine rings is 1. The second-order valence-electron chi connectivity index (χ2n) is 6.29. The first-order chi connectivity index (χ1) is 13.3. The lowest BCUT2D eigenvalue weighted by atomic mass is 10.1. The summed E-state index contributed by atoms with van der Waals surface area (Å²) >= 11 is 0. The van der Waals surface area contributed by atoms with Crippen molar-refractivity contribution in [2.75, 3.05) is 32.9 Å². The number of carbonyl (C=O) groups is 1. The van der Waals surface area contributed by atoms with Crippen LogP contribution in [0.15, 0.2) is 53.7 Å². The van der Waals surface area contributed by atoms with Crippen LogP contribution in [0.25, 0.3) is 0 Å². The third-order valence-electron chi connectivity index (χ3n) is 4.54. The van der Waals surface area contributed by atoms with Crippen LogP contribution in [-0.2, 0) is 15.9 Å². The number of alkyl halides is 3. The monoisotopic (exact) mass is 413 g/mol. The molecule has 1 fully saturated rings. The molecule has 0 bridgehead atoms. The molecule has 0 radical (unpaired) electrons. The molecule has 1 aliphatic heterocycles. The number of rotatable bonds is 5. The predicted molar refractivity (Wildman–Crippen MR) is 95.2 cm³/mol. The van der Waals surface area contributed by atoms with E-state index in [0.717, 1.165) is 24.3 Å². The summed E-state index contributed by atoms with van der Waals surface area (Å²) < 4.78 is 65.7. The highest BCUT2D eigenvalue weighted by atomic mass is 32.2. The Balaban J connectivity index is 1.69. The Labute approximate surface area is 160 Å². The zero-order chi connectivity index (χ0) is 20.4. The number of amides is 1. The van der Waals surface area contributed by atoms with E-state index in [1.165, 1.54) is 16.7 Å². The molecule has 0 saturated carbocycles. The minimum absolute atomic E-state index is 0.0849. The quantitative estimate of drug-likeness (QED) is 0.754. The summed E-state index contributed by atoms with van der Waals surface area (Å²) in [6, 6.07) is 7.08. The van der Waals surface area contributed by atoms with Crippen LogP contribution in [0.5, 0.6) is 0 Å². The van der Waals surface area contributed by atoms with Crippen LogP contribution < -0.4 is 0 Å². The normalized spacial score (nSPS) is 16.2. The van der Waals surface area contributed by atoms with Crippen molar-refractivity contribution < 1.29 is 26.4 Å². The van der Waals surface area contributed by atoms with E-state index in [4.69, 9.17) is 0 Å². The Kier molecular flexibility index (Phi) is 5.71. The molecule has 6 nitrogen and oxygen atoms in total. The first-order valence-corrected chi connectivity index (χ1v) is 9.93. The first kappa shape index (κ1) is 20.3. The van der Waals surface area contributed by atoms with E-state index in [1.807, 2.05) is 0 Å². The number of hydrogen-bond acceptors (Lipinski definition) is 4. The van der Waals surface area contributed by atoms with Gasteiger partial charge in [0.2, 0.25) is 10.0 Å². The van der Waals surface area contributed by atoms with Crippen molar-refractivity contribution >= 4 is 15.9 Å². The smallest absolute Gasteiger partial charge is 0.301 e. The van der Waals surface area contributed by atoms with Crippen LogP contribution in [0, 0.1) is 0 Å². The largest absolute Gasteiger partial charge is 0.336 e. The molecular weight excluding hydrogens is 395 g/mol. The van der Waals surface area contributed by atoms with Gasteiger partial charge in [0.25, 0.3) is 5.91 Å². The Hall–Kier alpha value is -2.46. The van der Waals surface area contributed by atoms with Gasteiger partial charge in [-0.3, -0.25) is 9.78 Å². The third-order valence-corrected chi connectivity index (χ3v) is 6.45. The number of halogens is 3. The van der Waals surface area contributed by atoms with Gasteiger partial charge in [-0.15, -0.1) is 0 Å². The van der Waals surface area contributed by atoms with Gasteiger partial charge in [0, 0.05) is 49.7 Å². The molecule has 1 aromatic carbocycles. The highest BCUT2D eigenvalue weighted by Crippen LogP contribution is 2.29. The fourth-order valence-electron chi connectivity index (χ4n) is 2.91. The lowest BCUT2D eigenvalue weighted by molar-refractivity contribution is -0.0281. The minimum atomic E-state index is -3.90. The first-order valence-electron chi connectivity index (χ1n) is 8.49. The van der Waals surface area contributed by atoms with E-state index in [0.29, 0.717) is 5.56 Å². The molecule has 10 heteroatoms. The Bertz CT molecular complexity index is 930. The van der Waals surface area contributed by atoms with Crippen molar-refractivity contribution in [3.05, 3.63) is 59.9 Å². The lowest BCUT2D eigenvalue weighted by Crippen LogP contribution is -2.50. The van der Waals surface area contributed by atoms with E-state index in [1.54, 1.807) is 17.0 Å². The number of aromatic nitrogens is 1. The summed E-state index contributed by atoms with van der Waals surface area (Å²) in [6.07, 6.45) is 3.01. The summed E-state index contributed by atoms with van der Waals surface area (Å²) in [7, 11) is -3.90. The molecule has 28 heavy (non-hydrogen) atoms. The Morgan fingerprint density at radius 3 is 2.11 bits per heavy atom. The maximum Gasteiger partial charge on any atom is 0.301 e. The zero-order valence-electron chi connectivity index (χ0n) is 14.8. The minimum Gasteiger partial charge on any atom is -0.336 e. The van der Waals surface area contributed by atoms with Crippen molar-refractivity contribution in [3.63, 3.8) is 0 Å². The van der Waals surface area contributed by atoms with Gasteiger partial charge in [0.15, 0.2) is 6.67 Å². The van der Waals surface area contributed by atoms with Crippen molar-refractivity contribution in [1.29, 1.82) is 0 Å². The van der Waals surface area contributed by atoms with Gasteiger partial charge in [0.1, 0.15) is 0 Å². The van der Waals surface area contributed by atoms with E-state index < -0.39 is 28.2 Å². The summed E-state index contributed by atoms with van der Waals surface area (Å²) in [5.74, 6) is -3.86. The average molecular weight is 413 g/mol. The molecular formula is C18H18F3N3O3S. The Morgan fingerprint density at radius 1 is 1.00 bits per heavy atom. The van der Waals surface area contributed by atoms with Gasteiger partial charge in [0.05, 0.1) is 4.90 Å². The SMILES string of the molecule is O=C(c1ccncc1)N1CCN(S(=O)(=O)c2ccc(C(F)(F)CF)cc2)CC1. The van der Waals surface area contributed by atoms with E-state index in [-0.39, 0.29) is 37.0 Å². The van der Waals surface area contributed by atoms with Crippen molar-refractivity contribution in [3.8, 4) is 0 Å². The number of piperazine rings is 1. The Morgan fingerprint density at radius 2 is 1.57 bits per heavy atom. The van der Waals surface area contributed by atoms with E-state index >= 15 is 0 Å². The fraction of sp³-hybridized carbons (Fsp3) is 0.333. The molecule has 1 amide bonds. The van der Waals surface area contributed by atoms with Crippen LogP contribution in [0.2, 0.25) is 0 Å². The van der Waals surface area contributed by atoms with Crippen LogP contribution >= 0.6 is 0 Å². The number of sulfonamides is 1. The fourth-order valence-corrected chi connectivity index (χ4v) is 4.33. The molecule has 150 valence electrons. The molecule has 0 atom stereocenters. The van der Waals surface area contributed by atoms with Crippen LogP contribution in [0.1, 0.15) is 15.9 Å². The summed E-state index contributed by atoms with van der Waals surface area (Å²) in [4.78, 5) is 17.7. The lowest BCUT2D eigenvalue weighted by Gasteiger charge is -2.34. The number of carbonyl (C=O) groups excluding carboxylic acids is 1. The van der Waals surface area contributed by atoms with Crippen molar-refractivity contribution in [2.45, 2.75) is 10.8 Å². The van der Waals surface area contributed by atoms with Gasteiger partial charge in [-0.2, -0.15) is 13.1 Å². The van der Waals surface area contributed by atoms with Crippen LogP contribution in [0.4, 0.5) is 13.2 Å². The van der Waals surface area contributed by atoms with Gasteiger partial charge in [-0.25, -0.2) is 12.8 Å². The molecule has 1 saturated heterocycles. The molecule has 1 aromatic heterocycles. The van der Waals surface area contributed by atoms with Crippen LogP contribution in [0.3, 0.4) is 0 Å². The topological polar surface area (TPSA) is 70.6 Å². The average Bonchev–Trinajstić information content (AvgIpc) is 2.74. The zero-order valence-corrected chi connectivity index (χ0v) is 15.6. The third kappa shape index (κ3) is 4.02. The highest BCUT2D eigenvalue weighted by molar-refractivity contribution is 7.89. The van der Waals surface area contributed by atoms with E-state index in [2.05, 4.69) is 4.98 Å². The summed E-state index contributed by atoms with van der Waals surface area (Å²) in [5.41, 5.74) is -0.114. The van der Waals surface area contributed by atoms with Crippen molar-refractivity contribution in [2.24, 2.45) is 0 Å². The molecule has 1 aliphatic rings. The number of hydrogen-bond donors (Lipinski definition) is 0. The number of nitrogens with zero attached hydrogens (tertiary/aromatic N) is 3. The number of benzene rings is 1. The van der Waals surface area contributed by atoms with Gasteiger partial charge in [-0.05, 0) is 24.3 Å². The maximum absolute atomic E-state index is 13.4. The molecule has 3 rings (SSSR count). The predicted octanol–water partition coefficient (Wildman–Crippen LogP) is 2.29. The van der Waals surface area contributed by atoms with Gasteiger partial charge >= 0.3 is 5.92 Å². The second kappa shape index (κ2) is 7.88. The molecule has 2 aromatic rings. The van der Waals surface area contributed by atoms with Gasteiger partial charge in [-0.1, -0.05) is 12.1 Å². The summed E-state index contributed by atoms with van der Waals surface area (Å²) in [6.45, 7) is -1.27. The van der Waals surface area contributed by atoms with Crippen molar-refractivity contribution in [1.82, 2.24) is 14.2 Å². The standard InChI is InChI=1S/C18H18F3N3O3S/c19-13-18(20,21)15-1-3-16(4-2-15)28(26,27)24-11-9-23(10-12-24)17(25)14-5-7-22-8-6-14/h1-8H,9-13H2. The summed E-state index contributed by atoms with van der Waals surface area (Å²) in [5, 5.41) is 0. The second-order valence-corrected chi connectivity index (χ2v) is 8.23. The molecule has 2 heterocycles.